The van der Waals surface area contributed by atoms with Gasteiger partial charge in [-0.15, -0.1) is 0 Å². The molecular formula is C15H22N2O2S. The molecule has 4 nitrogen and oxygen atoms in total. The summed E-state index contributed by atoms with van der Waals surface area (Å²) < 4.78 is 26.8. The third-order valence-electron chi connectivity index (χ3n) is 3.72. The normalized spacial score (nSPS) is 17.1. The molecule has 1 heterocycles. The molecule has 0 spiro atoms. The number of aryl methyl sites for hydroxylation is 1. The van der Waals surface area contributed by atoms with Crippen LogP contribution in [0.15, 0.2) is 34.7 Å². The van der Waals surface area contributed by atoms with E-state index in [9.17, 15) is 8.42 Å². The lowest BCUT2D eigenvalue weighted by atomic mass is 10.1. The molecule has 0 fully saturated rings. The van der Waals surface area contributed by atoms with Crippen molar-refractivity contribution in [3.8, 4) is 0 Å². The predicted octanol–water partition coefficient (Wildman–Crippen LogP) is 2.06. The van der Waals surface area contributed by atoms with Crippen molar-refractivity contribution < 1.29 is 8.42 Å². The maximum Gasteiger partial charge on any atom is 0.243 e. The van der Waals surface area contributed by atoms with E-state index in [0.717, 1.165) is 17.5 Å². The summed E-state index contributed by atoms with van der Waals surface area (Å²) >= 11 is 0. The Bertz CT molecular complexity index is 621. The molecule has 0 aromatic heterocycles. The van der Waals surface area contributed by atoms with Crippen molar-refractivity contribution in [1.82, 2.24) is 9.62 Å². The van der Waals surface area contributed by atoms with Crippen LogP contribution in [0.5, 0.6) is 0 Å². The van der Waals surface area contributed by atoms with Crippen molar-refractivity contribution in [3.05, 3.63) is 41.0 Å². The third kappa shape index (κ3) is 3.11. The fraction of sp³-hybridized carbons (Fsp3) is 0.467. The van der Waals surface area contributed by atoms with Gasteiger partial charge in [-0.1, -0.05) is 17.7 Å². The molecule has 20 heavy (non-hydrogen) atoms. The van der Waals surface area contributed by atoms with Gasteiger partial charge in [0, 0.05) is 19.6 Å². The number of hydrogen-bond acceptors (Lipinski definition) is 3. The zero-order valence-electron chi connectivity index (χ0n) is 12.3. The predicted molar refractivity (Wildman–Crippen MR) is 81.1 cm³/mol. The van der Waals surface area contributed by atoms with Crippen molar-refractivity contribution in [3.63, 3.8) is 0 Å². The Morgan fingerprint density at radius 1 is 1.30 bits per heavy atom. The van der Waals surface area contributed by atoms with Gasteiger partial charge in [-0.3, -0.25) is 0 Å². The monoisotopic (exact) mass is 294 g/mol. The summed E-state index contributed by atoms with van der Waals surface area (Å²) in [6, 6.07) is 5.37. The van der Waals surface area contributed by atoms with E-state index in [1.54, 1.807) is 16.4 Å². The minimum absolute atomic E-state index is 0.390. The molecule has 0 radical (unpaired) electrons. The van der Waals surface area contributed by atoms with Crippen molar-refractivity contribution in [2.24, 2.45) is 0 Å². The first kappa shape index (κ1) is 15.2. The fourth-order valence-electron chi connectivity index (χ4n) is 2.31. The van der Waals surface area contributed by atoms with Crippen molar-refractivity contribution in [1.29, 1.82) is 0 Å². The van der Waals surface area contributed by atoms with E-state index in [0.29, 0.717) is 24.5 Å². The molecule has 1 aromatic rings. The molecule has 1 N–H and O–H groups in total. The highest BCUT2D eigenvalue weighted by Gasteiger charge is 2.25. The number of benzene rings is 1. The molecule has 0 bridgehead atoms. The Labute approximate surface area is 121 Å². The largest absolute Gasteiger partial charge is 0.316 e. The molecule has 0 saturated heterocycles. The fourth-order valence-corrected chi connectivity index (χ4v) is 3.74. The van der Waals surface area contributed by atoms with Crippen LogP contribution in [-0.4, -0.2) is 32.9 Å². The summed E-state index contributed by atoms with van der Waals surface area (Å²) in [5.41, 5.74) is 3.39. The van der Waals surface area contributed by atoms with Gasteiger partial charge in [0.05, 0.1) is 4.90 Å². The minimum Gasteiger partial charge on any atom is -0.316 e. The van der Waals surface area contributed by atoms with Crippen LogP contribution in [-0.2, 0) is 16.6 Å². The standard InChI is InChI=1S/C15H22N2O2S/c1-12-6-8-17(9-7-12)20(18,19)15-5-4-13(2)14(10-15)11-16-3/h4-6,10,16H,7-9,11H2,1-3H3. The highest BCUT2D eigenvalue weighted by Crippen LogP contribution is 2.22. The summed E-state index contributed by atoms with van der Waals surface area (Å²) in [6.07, 6.45) is 2.80. The van der Waals surface area contributed by atoms with E-state index >= 15 is 0 Å². The second-order valence-electron chi connectivity index (χ2n) is 5.28. The van der Waals surface area contributed by atoms with Gasteiger partial charge in [0.2, 0.25) is 10.0 Å². The lowest BCUT2D eigenvalue weighted by Gasteiger charge is -2.25. The summed E-state index contributed by atoms with van der Waals surface area (Å²) in [5.74, 6) is 0. The second kappa shape index (κ2) is 6.08. The highest BCUT2D eigenvalue weighted by molar-refractivity contribution is 7.89. The van der Waals surface area contributed by atoms with E-state index in [1.165, 1.54) is 5.57 Å². The van der Waals surface area contributed by atoms with Crippen LogP contribution < -0.4 is 5.32 Å². The van der Waals surface area contributed by atoms with Gasteiger partial charge < -0.3 is 5.32 Å². The van der Waals surface area contributed by atoms with Gasteiger partial charge in [0.1, 0.15) is 0 Å². The number of rotatable bonds is 4. The highest BCUT2D eigenvalue weighted by atomic mass is 32.2. The average molecular weight is 294 g/mol. The van der Waals surface area contributed by atoms with Crippen LogP contribution in [0.25, 0.3) is 0 Å². The minimum atomic E-state index is -3.38. The zero-order valence-corrected chi connectivity index (χ0v) is 13.1. The molecule has 110 valence electrons. The quantitative estimate of drug-likeness (QED) is 0.865. The first-order valence-electron chi connectivity index (χ1n) is 6.85. The lowest BCUT2D eigenvalue weighted by Crippen LogP contribution is -2.34. The molecule has 0 aliphatic carbocycles. The van der Waals surface area contributed by atoms with Gasteiger partial charge in [0.15, 0.2) is 0 Å². The van der Waals surface area contributed by atoms with E-state index in [2.05, 4.69) is 5.32 Å². The summed E-state index contributed by atoms with van der Waals surface area (Å²) in [6.45, 7) is 5.76. The van der Waals surface area contributed by atoms with Crippen LogP contribution in [0, 0.1) is 6.92 Å². The lowest BCUT2D eigenvalue weighted by molar-refractivity contribution is 0.431. The Balaban J connectivity index is 2.32. The molecule has 1 aliphatic heterocycles. The third-order valence-corrected chi connectivity index (χ3v) is 5.59. The van der Waals surface area contributed by atoms with Crippen molar-refractivity contribution >= 4 is 10.0 Å². The van der Waals surface area contributed by atoms with Crippen LogP contribution in [0.3, 0.4) is 0 Å². The Kier molecular flexibility index (Phi) is 4.62. The molecule has 0 saturated carbocycles. The van der Waals surface area contributed by atoms with E-state index < -0.39 is 10.0 Å². The van der Waals surface area contributed by atoms with Crippen LogP contribution in [0.4, 0.5) is 0 Å². The molecule has 1 aromatic carbocycles. The van der Waals surface area contributed by atoms with Gasteiger partial charge in [-0.25, -0.2) is 8.42 Å². The zero-order chi connectivity index (χ0) is 14.8. The first-order valence-corrected chi connectivity index (χ1v) is 8.29. The number of hydrogen-bond donors (Lipinski definition) is 1. The van der Waals surface area contributed by atoms with E-state index in [4.69, 9.17) is 0 Å². The maximum atomic E-state index is 12.6. The summed E-state index contributed by atoms with van der Waals surface area (Å²) in [7, 11) is -1.52. The Morgan fingerprint density at radius 3 is 2.65 bits per heavy atom. The smallest absolute Gasteiger partial charge is 0.243 e. The van der Waals surface area contributed by atoms with Gasteiger partial charge in [0.25, 0.3) is 0 Å². The van der Waals surface area contributed by atoms with Gasteiger partial charge in [-0.2, -0.15) is 4.31 Å². The van der Waals surface area contributed by atoms with E-state index in [1.807, 2.05) is 33.0 Å². The first-order chi connectivity index (χ1) is 9.45. The number of sulfonamides is 1. The maximum absolute atomic E-state index is 12.6. The van der Waals surface area contributed by atoms with Crippen molar-refractivity contribution in [2.75, 3.05) is 20.1 Å². The molecule has 0 amide bonds. The molecule has 1 aliphatic rings. The second-order valence-corrected chi connectivity index (χ2v) is 7.22. The van der Waals surface area contributed by atoms with Crippen LogP contribution >= 0.6 is 0 Å². The van der Waals surface area contributed by atoms with Gasteiger partial charge >= 0.3 is 0 Å². The van der Waals surface area contributed by atoms with E-state index in [-0.39, 0.29) is 0 Å². The van der Waals surface area contributed by atoms with Crippen molar-refractivity contribution in [2.45, 2.75) is 31.7 Å². The molecule has 2 rings (SSSR count). The number of nitrogens with one attached hydrogen (secondary N) is 1. The van der Waals surface area contributed by atoms with Crippen LogP contribution in [0.1, 0.15) is 24.5 Å². The van der Waals surface area contributed by atoms with Crippen LogP contribution in [0.2, 0.25) is 0 Å². The molecule has 0 unspecified atom stereocenters. The average Bonchev–Trinajstić information content (AvgIpc) is 2.42. The number of nitrogens with zero attached hydrogens (tertiary/aromatic N) is 1. The van der Waals surface area contributed by atoms with Gasteiger partial charge in [-0.05, 0) is 50.6 Å². The SMILES string of the molecule is CNCc1cc(S(=O)(=O)N2CC=C(C)CC2)ccc1C. The molecule has 5 heteroatoms. The summed E-state index contributed by atoms with van der Waals surface area (Å²) in [4.78, 5) is 0.390. The molecule has 0 atom stereocenters. The topological polar surface area (TPSA) is 49.4 Å². The Morgan fingerprint density at radius 2 is 2.05 bits per heavy atom. The Hall–Kier alpha value is -1.17. The summed E-state index contributed by atoms with van der Waals surface area (Å²) in [5, 5.41) is 3.07. The molecular weight excluding hydrogens is 272 g/mol.